The van der Waals surface area contributed by atoms with Crippen LogP contribution in [0.5, 0.6) is 0 Å². The molecule has 0 spiro atoms. The summed E-state index contributed by atoms with van der Waals surface area (Å²) in [7, 11) is 0. The Morgan fingerprint density at radius 2 is 1.53 bits per heavy atom. The molecule has 1 aliphatic heterocycles. The second-order valence-electron chi connectivity index (χ2n) is 10.8. The summed E-state index contributed by atoms with van der Waals surface area (Å²) in [4.78, 5) is 83.7. The van der Waals surface area contributed by atoms with Gasteiger partial charge in [-0.3, -0.25) is 28.9 Å². The fraction of sp³-hybridized carbons (Fsp3) is 0.548. The van der Waals surface area contributed by atoms with E-state index in [0.29, 0.717) is 50.3 Å². The molecular formula is C31H44N6O10. The Labute approximate surface area is 273 Å². The Morgan fingerprint density at radius 3 is 2.19 bits per heavy atom. The van der Waals surface area contributed by atoms with E-state index in [1.165, 1.54) is 12.2 Å². The molecule has 0 bridgehead atoms. The van der Waals surface area contributed by atoms with Gasteiger partial charge in [-0.05, 0) is 36.5 Å². The van der Waals surface area contributed by atoms with Crippen molar-refractivity contribution in [1.29, 1.82) is 0 Å². The van der Waals surface area contributed by atoms with E-state index in [1.807, 2.05) is 0 Å². The highest BCUT2D eigenvalue weighted by molar-refractivity contribution is 6.12. The van der Waals surface area contributed by atoms with Gasteiger partial charge >= 0.3 is 6.09 Å². The van der Waals surface area contributed by atoms with Crippen LogP contribution in [0.1, 0.15) is 45.1 Å². The SMILES string of the molecule is CC(C)C(NC(=O)CCCCCN1C(=O)C=CC1=O)C(=O)NCC(=O)Nc1ccc(COC(=O)NCCOCCOCCN=O)cc1. The fourth-order valence-electron chi connectivity index (χ4n) is 4.18. The number of benzene rings is 1. The summed E-state index contributed by atoms with van der Waals surface area (Å²) in [5.74, 6) is -2.16. The summed E-state index contributed by atoms with van der Waals surface area (Å²) in [5, 5.41) is 13.2. The Hall–Kier alpha value is -4.70. The summed E-state index contributed by atoms with van der Waals surface area (Å²) in [6, 6.07) is 5.79. The lowest BCUT2D eigenvalue weighted by molar-refractivity contribution is -0.137. The van der Waals surface area contributed by atoms with Crippen LogP contribution in [0.2, 0.25) is 0 Å². The van der Waals surface area contributed by atoms with Crippen molar-refractivity contribution in [3.8, 4) is 0 Å². The number of unbranched alkanes of at least 4 members (excludes halogenated alkanes) is 2. The fourth-order valence-corrected chi connectivity index (χ4v) is 4.18. The zero-order valence-electron chi connectivity index (χ0n) is 26.8. The Morgan fingerprint density at radius 1 is 0.851 bits per heavy atom. The summed E-state index contributed by atoms with van der Waals surface area (Å²) in [6.45, 7) is 5.04. The van der Waals surface area contributed by atoms with Gasteiger partial charge in [0.2, 0.25) is 17.7 Å². The first-order valence-corrected chi connectivity index (χ1v) is 15.4. The molecule has 0 saturated carbocycles. The molecule has 2 rings (SSSR count). The number of nitrogens with zero attached hydrogens (tertiary/aromatic N) is 2. The second kappa shape index (κ2) is 21.9. The zero-order chi connectivity index (χ0) is 34.4. The number of hydrogen-bond donors (Lipinski definition) is 4. The number of hydrogen-bond acceptors (Lipinski definition) is 11. The number of rotatable bonds is 23. The maximum atomic E-state index is 12.7. The van der Waals surface area contributed by atoms with Crippen molar-refractivity contribution in [2.75, 3.05) is 57.9 Å². The molecule has 0 aliphatic carbocycles. The molecule has 4 N–H and O–H groups in total. The standard InChI is InChI=1S/C31H44N6O10/c1-22(2)29(36-25(38)6-4-3-5-15-37-27(40)11-12-28(37)41)30(42)33-20-26(39)35-24-9-7-23(8-10-24)21-47-31(43)32-13-16-45-18-19-46-17-14-34-44/h7-12,22,29H,3-6,13-21H2,1-2H3,(H,32,43)(H,33,42)(H,35,39)(H,36,38). The smallest absolute Gasteiger partial charge is 0.407 e. The molecule has 0 fully saturated rings. The number of anilines is 1. The van der Waals surface area contributed by atoms with Crippen LogP contribution in [0.15, 0.2) is 41.6 Å². The van der Waals surface area contributed by atoms with E-state index < -0.39 is 23.9 Å². The van der Waals surface area contributed by atoms with Crippen molar-refractivity contribution in [2.24, 2.45) is 11.1 Å². The topological polar surface area (TPSA) is 211 Å². The Kier molecular flexibility index (Phi) is 18.0. The lowest BCUT2D eigenvalue weighted by Gasteiger charge is -2.21. The molecular weight excluding hydrogens is 616 g/mol. The third kappa shape index (κ3) is 15.9. The Balaban J connectivity index is 1.60. The minimum atomic E-state index is -0.831. The molecule has 1 aromatic carbocycles. The Bertz CT molecular complexity index is 1220. The molecule has 1 heterocycles. The lowest BCUT2D eigenvalue weighted by atomic mass is 10.0. The molecule has 1 aliphatic rings. The summed E-state index contributed by atoms with van der Waals surface area (Å²) >= 11 is 0. The van der Waals surface area contributed by atoms with E-state index in [9.17, 15) is 33.7 Å². The zero-order valence-corrected chi connectivity index (χ0v) is 26.8. The average Bonchev–Trinajstić information content (AvgIpc) is 3.37. The molecule has 1 atom stereocenters. The van der Waals surface area contributed by atoms with E-state index in [-0.39, 0.29) is 69.5 Å². The largest absolute Gasteiger partial charge is 0.445 e. The highest BCUT2D eigenvalue weighted by atomic mass is 16.5. The van der Waals surface area contributed by atoms with Gasteiger partial charge in [-0.15, -0.1) is 0 Å². The van der Waals surface area contributed by atoms with Crippen LogP contribution in [-0.2, 0) is 44.8 Å². The first kappa shape index (κ1) is 38.5. The normalized spacial score (nSPS) is 13.0. The van der Waals surface area contributed by atoms with Gasteiger partial charge in [-0.1, -0.05) is 37.6 Å². The van der Waals surface area contributed by atoms with Crippen LogP contribution < -0.4 is 21.3 Å². The van der Waals surface area contributed by atoms with Crippen LogP contribution >= 0.6 is 0 Å². The van der Waals surface area contributed by atoms with E-state index in [0.717, 1.165) is 4.90 Å². The number of amides is 6. The first-order chi connectivity index (χ1) is 22.6. The van der Waals surface area contributed by atoms with Crippen LogP contribution in [0.4, 0.5) is 10.5 Å². The number of carbonyl (C=O) groups is 6. The van der Waals surface area contributed by atoms with Crippen molar-refractivity contribution in [3.63, 3.8) is 0 Å². The summed E-state index contributed by atoms with van der Waals surface area (Å²) < 4.78 is 15.5. The van der Waals surface area contributed by atoms with Crippen molar-refractivity contribution < 1.29 is 43.0 Å². The number of alkyl carbamates (subject to hydrolysis) is 1. The molecule has 0 radical (unpaired) electrons. The average molecular weight is 661 g/mol. The molecule has 0 aromatic heterocycles. The minimum absolute atomic E-state index is 0.0101. The van der Waals surface area contributed by atoms with Gasteiger partial charge in [0.05, 0.1) is 33.0 Å². The van der Waals surface area contributed by atoms with Gasteiger partial charge in [0.1, 0.15) is 19.2 Å². The predicted octanol–water partition coefficient (Wildman–Crippen LogP) is 1.39. The molecule has 258 valence electrons. The summed E-state index contributed by atoms with van der Waals surface area (Å²) in [6.07, 6.45) is 3.76. The highest BCUT2D eigenvalue weighted by Gasteiger charge is 2.25. The third-order valence-electron chi connectivity index (χ3n) is 6.70. The van der Waals surface area contributed by atoms with Crippen molar-refractivity contribution >= 4 is 41.3 Å². The number of nitroso groups, excluding NO2 is 1. The van der Waals surface area contributed by atoms with Crippen LogP contribution in [0, 0.1) is 10.8 Å². The molecule has 16 nitrogen and oxygen atoms in total. The van der Waals surface area contributed by atoms with Crippen LogP contribution in [0.25, 0.3) is 0 Å². The third-order valence-corrected chi connectivity index (χ3v) is 6.70. The van der Waals surface area contributed by atoms with Crippen LogP contribution in [0.3, 0.4) is 0 Å². The van der Waals surface area contributed by atoms with E-state index in [1.54, 1.807) is 38.1 Å². The lowest BCUT2D eigenvalue weighted by Crippen LogP contribution is -2.51. The molecule has 47 heavy (non-hydrogen) atoms. The van der Waals surface area contributed by atoms with Crippen LogP contribution in [-0.4, -0.2) is 99.2 Å². The number of nitrogens with one attached hydrogen (secondary N) is 4. The van der Waals surface area contributed by atoms with Gasteiger partial charge < -0.3 is 35.5 Å². The van der Waals surface area contributed by atoms with E-state index in [2.05, 4.69) is 26.4 Å². The molecule has 1 unspecified atom stereocenters. The predicted molar refractivity (Wildman–Crippen MR) is 170 cm³/mol. The van der Waals surface area contributed by atoms with Crippen molar-refractivity contribution in [3.05, 3.63) is 46.9 Å². The highest BCUT2D eigenvalue weighted by Crippen LogP contribution is 2.11. The van der Waals surface area contributed by atoms with Gasteiger partial charge in [-0.25, -0.2) is 4.79 Å². The van der Waals surface area contributed by atoms with Gasteiger partial charge in [-0.2, -0.15) is 4.91 Å². The van der Waals surface area contributed by atoms with Gasteiger partial charge in [0, 0.05) is 37.3 Å². The second-order valence-corrected chi connectivity index (χ2v) is 10.8. The molecule has 6 amide bonds. The number of ether oxygens (including phenoxy) is 3. The van der Waals surface area contributed by atoms with Gasteiger partial charge in [0.15, 0.2) is 0 Å². The quantitative estimate of drug-likeness (QED) is 0.0753. The molecule has 1 aromatic rings. The van der Waals surface area contributed by atoms with E-state index in [4.69, 9.17) is 14.2 Å². The number of imide groups is 1. The van der Waals surface area contributed by atoms with Gasteiger partial charge in [0.25, 0.3) is 11.8 Å². The minimum Gasteiger partial charge on any atom is -0.445 e. The maximum absolute atomic E-state index is 12.7. The molecule has 16 heteroatoms. The maximum Gasteiger partial charge on any atom is 0.407 e. The van der Waals surface area contributed by atoms with Crippen molar-refractivity contribution in [1.82, 2.24) is 20.9 Å². The van der Waals surface area contributed by atoms with Crippen molar-refractivity contribution in [2.45, 2.75) is 52.2 Å². The van der Waals surface area contributed by atoms with E-state index >= 15 is 0 Å². The summed E-state index contributed by atoms with van der Waals surface area (Å²) in [5.41, 5.74) is 1.17. The number of carbonyl (C=O) groups excluding carboxylic acids is 6. The first-order valence-electron chi connectivity index (χ1n) is 15.4. The molecule has 0 saturated heterocycles. The monoisotopic (exact) mass is 660 g/mol.